The number of H-pyrrole nitrogens is 1. The predicted octanol–water partition coefficient (Wildman–Crippen LogP) is 5.24. The highest BCUT2D eigenvalue weighted by molar-refractivity contribution is 5.90. The van der Waals surface area contributed by atoms with Crippen LogP contribution in [0, 0.1) is 12.7 Å². The molecule has 0 unspecified atom stereocenters. The van der Waals surface area contributed by atoms with Crippen molar-refractivity contribution in [3.63, 3.8) is 0 Å². The molecule has 3 aromatic heterocycles. The van der Waals surface area contributed by atoms with Crippen LogP contribution in [-0.4, -0.2) is 19.9 Å². The van der Waals surface area contributed by atoms with Crippen molar-refractivity contribution in [3.8, 4) is 11.3 Å². The van der Waals surface area contributed by atoms with Gasteiger partial charge >= 0.3 is 0 Å². The molecule has 0 saturated carbocycles. The first-order valence-electron chi connectivity index (χ1n) is 8.50. The highest BCUT2D eigenvalue weighted by Crippen LogP contribution is 2.32. The number of hydrogen-bond donors (Lipinski definition) is 2. The lowest BCUT2D eigenvalue weighted by molar-refractivity contribution is 0.630. The Hall–Kier alpha value is -3.54. The van der Waals surface area contributed by atoms with E-state index in [1.807, 2.05) is 26.0 Å². The van der Waals surface area contributed by atoms with Crippen molar-refractivity contribution >= 4 is 28.1 Å². The minimum Gasteiger partial charge on any atom is -0.353 e. The van der Waals surface area contributed by atoms with Crippen LogP contribution in [0.5, 0.6) is 0 Å². The molecule has 4 rings (SSSR count). The van der Waals surface area contributed by atoms with Crippen molar-refractivity contribution in [1.82, 2.24) is 19.9 Å². The van der Waals surface area contributed by atoms with Gasteiger partial charge < -0.3 is 10.3 Å². The summed E-state index contributed by atoms with van der Waals surface area (Å²) in [5.74, 6) is -0.304. The van der Waals surface area contributed by atoms with E-state index >= 15 is 0 Å². The Kier molecular flexibility index (Phi) is 4.16. The van der Waals surface area contributed by atoms with Gasteiger partial charge in [0.15, 0.2) is 5.65 Å². The summed E-state index contributed by atoms with van der Waals surface area (Å²) < 4.78 is 14.3. The van der Waals surface area contributed by atoms with E-state index in [4.69, 9.17) is 0 Å². The highest BCUT2D eigenvalue weighted by atomic mass is 19.1. The number of imidazole rings is 1. The van der Waals surface area contributed by atoms with Crippen molar-refractivity contribution in [2.75, 3.05) is 5.32 Å². The van der Waals surface area contributed by atoms with Gasteiger partial charge in [0.05, 0.1) is 17.7 Å². The third kappa shape index (κ3) is 3.17. The number of fused-ring (bicyclic) bond motifs is 1. The second-order valence-corrected chi connectivity index (χ2v) is 6.46. The Bertz CT molecular complexity index is 1160. The number of aromatic amines is 1. The molecule has 0 fully saturated rings. The topological polar surface area (TPSA) is 66.5 Å². The van der Waals surface area contributed by atoms with Gasteiger partial charge in [0.2, 0.25) is 0 Å². The minimum atomic E-state index is -0.304. The average Bonchev–Trinajstić information content (AvgIpc) is 3.13. The molecule has 0 spiro atoms. The first-order valence-corrected chi connectivity index (χ1v) is 8.50. The zero-order valence-electron chi connectivity index (χ0n) is 15.0. The Morgan fingerprint density at radius 1 is 1.11 bits per heavy atom. The molecule has 5 nitrogen and oxygen atoms in total. The van der Waals surface area contributed by atoms with Gasteiger partial charge in [-0.25, -0.2) is 14.4 Å². The molecule has 1 aromatic carbocycles. The Labute approximate surface area is 156 Å². The zero-order valence-corrected chi connectivity index (χ0v) is 15.0. The van der Waals surface area contributed by atoms with E-state index in [1.54, 1.807) is 30.9 Å². The maximum absolute atomic E-state index is 14.3. The number of pyridine rings is 2. The van der Waals surface area contributed by atoms with Gasteiger partial charge in [0.1, 0.15) is 11.3 Å². The molecule has 3 heterocycles. The summed E-state index contributed by atoms with van der Waals surface area (Å²) in [6.45, 7) is 7.86. The van der Waals surface area contributed by atoms with E-state index in [-0.39, 0.29) is 5.82 Å². The van der Waals surface area contributed by atoms with Crippen LogP contribution in [0.15, 0.2) is 55.6 Å². The standard InChI is InChI=1S/C21H18FN5/c1-12(2)15-10-24-18(14-8-13(3)4-5-16(14)22)9-19(15)27-17-6-7-23-21-20(17)25-11-26-21/h4-11H,1H2,2-3H3,(H2,23,24,25,26,27). The second-order valence-electron chi connectivity index (χ2n) is 6.46. The summed E-state index contributed by atoms with van der Waals surface area (Å²) in [6.07, 6.45) is 5.00. The molecule has 0 amide bonds. The number of hydrogen-bond acceptors (Lipinski definition) is 4. The van der Waals surface area contributed by atoms with E-state index in [0.717, 1.165) is 33.6 Å². The highest BCUT2D eigenvalue weighted by Gasteiger charge is 2.13. The first kappa shape index (κ1) is 16.9. The fourth-order valence-corrected chi connectivity index (χ4v) is 2.98. The Balaban J connectivity index is 1.84. The SMILES string of the molecule is C=C(C)c1cnc(-c2cc(C)ccc2F)cc1Nc1ccnc2nc[nH]c12. The molecule has 2 N–H and O–H groups in total. The molecule has 0 aliphatic heterocycles. The molecule has 27 heavy (non-hydrogen) atoms. The minimum absolute atomic E-state index is 0.304. The molecule has 0 bridgehead atoms. The van der Waals surface area contributed by atoms with Gasteiger partial charge in [-0.1, -0.05) is 18.2 Å². The number of nitrogens with one attached hydrogen (secondary N) is 2. The molecule has 0 radical (unpaired) electrons. The summed E-state index contributed by atoms with van der Waals surface area (Å²) in [7, 11) is 0. The lowest BCUT2D eigenvalue weighted by Gasteiger charge is -2.14. The summed E-state index contributed by atoms with van der Waals surface area (Å²) >= 11 is 0. The van der Waals surface area contributed by atoms with Crippen molar-refractivity contribution in [1.29, 1.82) is 0 Å². The maximum atomic E-state index is 14.3. The molecule has 0 aliphatic rings. The molecular formula is C21H18FN5. The maximum Gasteiger partial charge on any atom is 0.179 e. The summed E-state index contributed by atoms with van der Waals surface area (Å²) in [4.78, 5) is 15.9. The van der Waals surface area contributed by atoms with E-state index in [9.17, 15) is 4.39 Å². The van der Waals surface area contributed by atoms with E-state index in [0.29, 0.717) is 16.9 Å². The number of benzene rings is 1. The number of anilines is 2. The van der Waals surface area contributed by atoms with Crippen molar-refractivity contribution in [2.45, 2.75) is 13.8 Å². The number of aromatic nitrogens is 4. The van der Waals surface area contributed by atoms with E-state index in [1.165, 1.54) is 6.07 Å². The molecule has 0 saturated heterocycles. The first-order chi connectivity index (χ1) is 13.0. The van der Waals surface area contributed by atoms with Crippen LogP contribution in [0.25, 0.3) is 28.0 Å². The van der Waals surface area contributed by atoms with Crippen molar-refractivity contribution in [3.05, 3.63) is 72.6 Å². The number of rotatable bonds is 4. The van der Waals surface area contributed by atoms with Crippen LogP contribution < -0.4 is 5.32 Å². The molecular weight excluding hydrogens is 341 g/mol. The smallest absolute Gasteiger partial charge is 0.179 e. The summed E-state index contributed by atoms with van der Waals surface area (Å²) in [6, 6.07) is 8.69. The van der Waals surface area contributed by atoms with Gasteiger partial charge in [0.25, 0.3) is 0 Å². The normalized spacial score (nSPS) is 10.9. The van der Waals surface area contributed by atoms with Gasteiger partial charge in [-0.2, -0.15) is 0 Å². The van der Waals surface area contributed by atoms with Crippen LogP contribution >= 0.6 is 0 Å². The monoisotopic (exact) mass is 359 g/mol. The van der Waals surface area contributed by atoms with Crippen LogP contribution in [0.1, 0.15) is 18.1 Å². The average molecular weight is 359 g/mol. The van der Waals surface area contributed by atoms with Crippen molar-refractivity contribution < 1.29 is 4.39 Å². The largest absolute Gasteiger partial charge is 0.353 e. The lowest BCUT2D eigenvalue weighted by Crippen LogP contribution is -1.99. The third-order valence-corrected chi connectivity index (χ3v) is 4.36. The predicted molar refractivity (Wildman–Crippen MR) is 106 cm³/mol. The van der Waals surface area contributed by atoms with Crippen molar-refractivity contribution in [2.24, 2.45) is 0 Å². The lowest BCUT2D eigenvalue weighted by atomic mass is 10.0. The summed E-state index contributed by atoms with van der Waals surface area (Å²) in [5, 5.41) is 3.39. The van der Waals surface area contributed by atoms with Crippen LogP contribution in [-0.2, 0) is 0 Å². The quantitative estimate of drug-likeness (QED) is 0.523. The molecule has 134 valence electrons. The van der Waals surface area contributed by atoms with E-state index < -0.39 is 0 Å². The fourth-order valence-electron chi connectivity index (χ4n) is 2.98. The van der Waals surface area contributed by atoms with E-state index in [2.05, 4.69) is 31.8 Å². The Morgan fingerprint density at radius 3 is 2.78 bits per heavy atom. The van der Waals surface area contributed by atoms with Gasteiger partial charge in [-0.15, -0.1) is 0 Å². The van der Waals surface area contributed by atoms with Crippen LogP contribution in [0.2, 0.25) is 0 Å². The second kappa shape index (κ2) is 6.64. The van der Waals surface area contributed by atoms with Crippen LogP contribution in [0.3, 0.4) is 0 Å². The van der Waals surface area contributed by atoms with Gasteiger partial charge in [-0.3, -0.25) is 4.98 Å². The zero-order chi connectivity index (χ0) is 19.0. The number of nitrogens with zero attached hydrogens (tertiary/aromatic N) is 3. The summed E-state index contributed by atoms with van der Waals surface area (Å²) in [5.41, 5.74) is 6.73. The molecule has 0 atom stereocenters. The molecule has 6 heteroatoms. The number of halogens is 1. The molecule has 4 aromatic rings. The molecule has 0 aliphatic carbocycles. The van der Waals surface area contributed by atoms with Gasteiger partial charge in [-0.05, 0) is 43.7 Å². The number of allylic oxidation sites excluding steroid dienone is 1. The fraction of sp³-hybridized carbons (Fsp3) is 0.0952. The number of aryl methyl sites for hydroxylation is 1. The third-order valence-electron chi connectivity index (χ3n) is 4.36. The Morgan fingerprint density at radius 2 is 1.96 bits per heavy atom. The van der Waals surface area contributed by atoms with Crippen LogP contribution in [0.4, 0.5) is 15.8 Å². The van der Waals surface area contributed by atoms with Gasteiger partial charge in [0, 0.05) is 29.2 Å².